The number of rotatable bonds is 4. The molecule has 19 heavy (non-hydrogen) atoms. The first-order chi connectivity index (χ1) is 9.08. The van der Waals surface area contributed by atoms with E-state index in [0.717, 1.165) is 35.0 Å². The van der Waals surface area contributed by atoms with E-state index in [0.29, 0.717) is 17.1 Å². The van der Waals surface area contributed by atoms with Gasteiger partial charge in [0.2, 0.25) is 5.95 Å². The van der Waals surface area contributed by atoms with Gasteiger partial charge >= 0.3 is 0 Å². The summed E-state index contributed by atoms with van der Waals surface area (Å²) in [6.07, 6.45) is 2.31. The van der Waals surface area contributed by atoms with E-state index in [1.807, 2.05) is 18.5 Å². The molecule has 0 aliphatic heterocycles. The minimum absolute atomic E-state index is 0.475. The lowest BCUT2D eigenvalue weighted by atomic mass is 10.3. The summed E-state index contributed by atoms with van der Waals surface area (Å²) in [6, 6.07) is 0.475. The van der Waals surface area contributed by atoms with Crippen molar-refractivity contribution >= 4 is 29.3 Å². The molecule has 1 aliphatic rings. The zero-order valence-electron chi connectivity index (χ0n) is 10.8. The van der Waals surface area contributed by atoms with Gasteiger partial charge in [-0.3, -0.25) is 9.25 Å². The Morgan fingerprint density at radius 2 is 2.16 bits per heavy atom. The van der Waals surface area contributed by atoms with Crippen LogP contribution in [0.2, 0.25) is 5.15 Å². The molecular weight excluding hydrogens is 284 g/mol. The minimum atomic E-state index is 0.475. The van der Waals surface area contributed by atoms with Crippen molar-refractivity contribution in [2.45, 2.75) is 36.7 Å². The van der Waals surface area contributed by atoms with Crippen molar-refractivity contribution in [1.82, 2.24) is 24.5 Å². The lowest BCUT2D eigenvalue weighted by Gasteiger charge is -2.05. The number of nitrogens with zero attached hydrogens (tertiary/aromatic N) is 5. The third-order valence-electron chi connectivity index (χ3n) is 3.22. The predicted molar refractivity (Wildman–Crippen MR) is 75.2 cm³/mol. The van der Waals surface area contributed by atoms with Crippen molar-refractivity contribution in [3.63, 3.8) is 0 Å². The van der Waals surface area contributed by atoms with Crippen LogP contribution in [0.4, 0.5) is 5.95 Å². The topological polar surface area (TPSA) is 74.6 Å². The zero-order valence-corrected chi connectivity index (χ0v) is 12.4. The summed E-state index contributed by atoms with van der Waals surface area (Å²) < 4.78 is 3.71. The van der Waals surface area contributed by atoms with Crippen molar-refractivity contribution < 1.29 is 0 Å². The van der Waals surface area contributed by atoms with Gasteiger partial charge in [0, 0.05) is 24.4 Å². The molecule has 0 spiro atoms. The monoisotopic (exact) mass is 298 g/mol. The van der Waals surface area contributed by atoms with Crippen LogP contribution < -0.4 is 5.73 Å². The van der Waals surface area contributed by atoms with Crippen LogP contribution >= 0.6 is 23.4 Å². The molecule has 0 saturated heterocycles. The molecule has 2 aromatic heterocycles. The Labute approximate surface area is 120 Å². The highest BCUT2D eigenvalue weighted by atomic mass is 35.5. The Hall–Kier alpha value is -1.21. The number of hydrogen-bond donors (Lipinski definition) is 1. The van der Waals surface area contributed by atoms with Gasteiger partial charge in [0.15, 0.2) is 5.16 Å². The maximum Gasteiger partial charge on any atom is 0.222 e. The van der Waals surface area contributed by atoms with Crippen LogP contribution in [0.3, 0.4) is 0 Å². The predicted octanol–water partition coefficient (Wildman–Crippen LogP) is 2.18. The molecule has 102 valence electrons. The van der Waals surface area contributed by atoms with E-state index < -0.39 is 0 Å². The molecule has 2 aromatic rings. The summed E-state index contributed by atoms with van der Waals surface area (Å²) >= 11 is 7.82. The van der Waals surface area contributed by atoms with Gasteiger partial charge < -0.3 is 5.73 Å². The van der Waals surface area contributed by atoms with Crippen molar-refractivity contribution in [3.05, 3.63) is 16.4 Å². The van der Waals surface area contributed by atoms with E-state index >= 15 is 0 Å². The first-order valence-electron chi connectivity index (χ1n) is 6.09. The molecule has 1 aliphatic carbocycles. The normalized spacial score (nSPS) is 15.1. The smallest absolute Gasteiger partial charge is 0.222 e. The fourth-order valence-corrected chi connectivity index (χ4v) is 3.46. The molecule has 1 saturated carbocycles. The van der Waals surface area contributed by atoms with E-state index in [9.17, 15) is 0 Å². The number of halogens is 1. The molecule has 0 unspecified atom stereocenters. The second-order valence-corrected chi connectivity index (χ2v) is 6.01. The van der Waals surface area contributed by atoms with Gasteiger partial charge in [-0.25, -0.2) is 0 Å². The van der Waals surface area contributed by atoms with Crippen molar-refractivity contribution in [1.29, 1.82) is 0 Å². The third kappa shape index (κ3) is 2.32. The second kappa shape index (κ2) is 4.72. The highest BCUT2D eigenvalue weighted by Crippen LogP contribution is 2.40. The lowest BCUT2D eigenvalue weighted by molar-refractivity contribution is 0.671. The fourth-order valence-electron chi connectivity index (χ4n) is 2.04. The van der Waals surface area contributed by atoms with Gasteiger partial charge in [0.25, 0.3) is 0 Å². The van der Waals surface area contributed by atoms with Crippen LogP contribution in [-0.4, -0.2) is 24.5 Å². The molecule has 3 rings (SSSR count). The minimum Gasteiger partial charge on any atom is -0.368 e. The quantitative estimate of drug-likeness (QED) is 0.876. The molecule has 0 atom stereocenters. The fraction of sp³-hybridized carbons (Fsp3) is 0.545. The van der Waals surface area contributed by atoms with Crippen LogP contribution in [0.15, 0.2) is 5.16 Å². The van der Waals surface area contributed by atoms with Crippen molar-refractivity contribution in [3.8, 4) is 0 Å². The molecule has 2 N–H and O–H groups in total. The number of thioether (sulfide) groups is 1. The molecular formula is C11H15ClN6S. The summed E-state index contributed by atoms with van der Waals surface area (Å²) in [7, 11) is 1.84. The number of aryl methyl sites for hydroxylation is 2. The highest BCUT2D eigenvalue weighted by molar-refractivity contribution is 7.98. The molecule has 0 bridgehead atoms. The van der Waals surface area contributed by atoms with E-state index in [2.05, 4.69) is 15.3 Å². The summed E-state index contributed by atoms with van der Waals surface area (Å²) in [4.78, 5) is 0. The van der Waals surface area contributed by atoms with Crippen molar-refractivity contribution in [2.75, 3.05) is 5.73 Å². The van der Waals surface area contributed by atoms with E-state index in [1.165, 1.54) is 0 Å². The molecule has 8 heteroatoms. The summed E-state index contributed by atoms with van der Waals surface area (Å²) in [6.45, 7) is 1.96. The number of nitrogens with two attached hydrogens (primary N) is 1. The Balaban J connectivity index is 1.79. The number of nitrogen functional groups attached to an aromatic ring is 1. The van der Waals surface area contributed by atoms with Crippen LogP contribution in [-0.2, 0) is 12.8 Å². The average Bonchev–Trinajstić information content (AvgIpc) is 3.08. The first-order valence-corrected chi connectivity index (χ1v) is 7.45. The standard InChI is InChI=1S/C11H15ClN6S/c1-6-8(9(12)17(2)16-6)5-19-11-15-14-10(13)18(11)7-3-4-7/h7H,3-5H2,1-2H3,(H2,13,14). The van der Waals surface area contributed by atoms with Crippen molar-refractivity contribution in [2.24, 2.45) is 7.05 Å². The number of anilines is 1. The van der Waals surface area contributed by atoms with Crippen LogP contribution in [0.5, 0.6) is 0 Å². The Morgan fingerprint density at radius 1 is 1.42 bits per heavy atom. The second-order valence-electron chi connectivity index (χ2n) is 4.71. The summed E-state index contributed by atoms with van der Waals surface area (Å²) in [5.74, 6) is 1.22. The average molecular weight is 299 g/mol. The van der Waals surface area contributed by atoms with E-state index in [1.54, 1.807) is 16.4 Å². The van der Waals surface area contributed by atoms with E-state index in [4.69, 9.17) is 17.3 Å². The van der Waals surface area contributed by atoms with Gasteiger partial charge in [0.1, 0.15) is 5.15 Å². The van der Waals surface area contributed by atoms with Crippen LogP contribution in [0, 0.1) is 6.92 Å². The van der Waals surface area contributed by atoms with Gasteiger partial charge in [-0.2, -0.15) is 5.10 Å². The maximum atomic E-state index is 6.22. The first kappa shape index (κ1) is 12.8. The largest absolute Gasteiger partial charge is 0.368 e. The molecule has 1 fully saturated rings. The Kier molecular flexibility index (Phi) is 3.18. The SMILES string of the molecule is Cc1nn(C)c(Cl)c1CSc1nnc(N)n1C1CC1. The number of aromatic nitrogens is 5. The zero-order chi connectivity index (χ0) is 13.6. The molecule has 0 amide bonds. The highest BCUT2D eigenvalue weighted by Gasteiger charge is 2.29. The lowest BCUT2D eigenvalue weighted by Crippen LogP contribution is -2.02. The Bertz CT molecular complexity index is 615. The molecule has 6 nitrogen and oxygen atoms in total. The maximum absolute atomic E-state index is 6.22. The Morgan fingerprint density at radius 3 is 2.74 bits per heavy atom. The number of hydrogen-bond acceptors (Lipinski definition) is 5. The molecule has 0 radical (unpaired) electrons. The molecule has 2 heterocycles. The van der Waals surface area contributed by atoms with Gasteiger partial charge in [-0.1, -0.05) is 23.4 Å². The van der Waals surface area contributed by atoms with Crippen LogP contribution in [0.25, 0.3) is 0 Å². The van der Waals surface area contributed by atoms with Gasteiger partial charge in [-0.05, 0) is 19.8 Å². The van der Waals surface area contributed by atoms with E-state index in [-0.39, 0.29) is 0 Å². The molecule has 0 aromatic carbocycles. The third-order valence-corrected chi connectivity index (χ3v) is 4.66. The summed E-state index contributed by atoms with van der Waals surface area (Å²) in [5, 5.41) is 13.9. The summed E-state index contributed by atoms with van der Waals surface area (Å²) in [5.41, 5.74) is 7.84. The van der Waals surface area contributed by atoms with Gasteiger partial charge in [-0.15, -0.1) is 10.2 Å². The van der Waals surface area contributed by atoms with Crippen LogP contribution in [0.1, 0.15) is 30.1 Å². The van der Waals surface area contributed by atoms with Gasteiger partial charge in [0.05, 0.1) is 5.69 Å².